The van der Waals surface area contributed by atoms with Gasteiger partial charge in [-0.1, -0.05) is 12.1 Å². The normalized spacial score (nSPS) is 20.9. The molecule has 21 heavy (non-hydrogen) atoms. The molecule has 0 aromatic heterocycles. The molecule has 2 rings (SSSR count). The highest BCUT2D eigenvalue weighted by molar-refractivity contribution is 5.24. The standard InChI is InChI=1S/C17H26FNO2/c1-13-6-7-14(12-16(13)18)17(21)8-10-19-9-2-4-15(19)5-3-11-20/h6-7,12,15,17,20-21H,2-5,8-11H2,1H3. The van der Waals surface area contributed by atoms with Crippen molar-refractivity contribution in [3.63, 3.8) is 0 Å². The molecule has 1 saturated heterocycles. The van der Waals surface area contributed by atoms with Crippen LogP contribution in [0.1, 0.15) is 49.3 Å². The Morgan fingerprint density at radius 3 is 2.95 bits per heavy atom. The average molecular weight is 295 g/mol. The summed E-state index contributed by atoms with van der Waals surface area (Å²) in [6, 6.07) is 5.48. The van der Waals surface area contributed by atoms with Gasteiger partial charge in [-0.25, -0.2) is 4.39 Å². The van der Waals surface area contributed by atoms with E-state index in [1.807, 2.05) is 0 Å². The Kier molecular flexibility index (Phi) is 6.15. The maximum Gasteiger partial charge on any atom is 0.126 e. The van der Waals surface area contributed by atoms with Crippen LogP contribution in [0.3, 0.4) is 0 Å². The van der Waals surface area contributed by atoms with Crippen LogP contribution < -0.4 is 0 Å². The summed E-state index contributed by atoms with van der Waals surface area (Å²) in [6.45, 7) is 3.86. The van der Waals surface area contributed by atoms with Crippen LogP contribution in [0, 0.1) is 12.7 Å². The first kappa shape index (κ1) is 16.4. The lowest BCUT2D eigenvalue weighted by Gasteiger charge is -2.25. The maximum absolute atomic E-state index is 13.5. The molecule has 1 heterocycles. The van der Waals surface area contributed by atoms with E-state index in [0.717, 1.165) is 25.9 Å². The highest BCUT2D eigenvalue weighted by Gasteiger charge is 2.24. The molecule has 1 aromatic rings. The summed E-state index contributed by atoms with van der Waals surface area (Å²) in [7, 11) is 0. The number of halogens is 1. The Labute approximate surface area is 126 Å². The molecule has 1 aromatic carbocycles. The predicted octanol–water partition coefficient (Wildman–Crippen LogP) is 2.79. The number of aliphatic hydroxyl groups is 2. The van der Waals surface area contributed by atoms with Gasteiger partial charge in [0.15, 0.2) is 0 Å². The molecule has 0 spiro atoms. The highest BCUT2D eigenvalue weighted by Crippen LogP contribution is 2.24. The molecule has 0 aliphatic carbocycles. The summed E-state index contributed by atoms with van der Waals surface area (Å²) >= 11 is 0. The first-order valence-electron chi connectivity index (χ1n) is 7.91. The number of hydrogen-bond acceptors (Lipinski definition) is 3. The van der Waals surface area contributed by atoms with Gasteiger partial charge >= 0.3 is 0 Å². The molecule has 2 unspecified atom stereocenters. The number of likely N-dealkylation sites (tertiary alicyclic amines) is 1. The van der Waals surface area contributed by atoms with E-state index in [9.17, 15) is 9.50 Å². The molecule has 1 aliphatic rings. The summed E-state index contributed by atoms with van der Waals surface area (Å²) in [4.78, 5) is 2.39. The van der Waals surface area contributed by atoms with Crippen LogP contribution in [0.4, 0.5) is 4.39 Å². The fourth-order valence-corrected chi connectivity index (χ4v) is 3.11. The zero-order chi connectivity index (χ0) is 15.2. The molecule has 4 heteroatoms. The lowest BCUT2D eigenvalue weighted by atomic mass is 10.0. The van der Waals surface area contributed by atoms with E-state index in [2.05, 4.69) is 4.90 Å². The third kappa shape index (κ3) is 4.50. The van der Waals surface area contributed by atoms with E-state index in [-0.39, 0.29) is 12.4 Å². The highest BCUT2D eigenvalue weighted by atomic mass is 19.1. The Morgan fingerprint density at radius 2 is 2.24 bits per heavy atom. The second-order valence-electron chi connectivity index (χ2n) is 6.01. The third-order valence-corrected chi connectivity index (χ3v) is 4.46. The van der Waals surface area contributed by atoms with E-state index in [1.165, 1.54) is 18.9 Å². The summed E-state index contributed by atoms with van der Waals surface area (Å²) < 4.78 is 13.5. The van der Waals surface area contributed by atoms with Gasteiger partial charge in [0.2, 0.25) is 0 Å². The number of benzene rings is 1. The minimum atomic E-state index is -0.612. The number of aryl methyl sites for hydroxylation is 1. The first-order valence-corrected chi connectivity index (χ1v) is 7.91. The number of nitrogens with zero attached hydrogens (tertiary/aromatic N) is 1. The van der Waals surface area contributed by atoms with E-state index in [0.29, 0.717) is 23.6 Å². The van der Waals surface area contributed by atoms with Crippen molar-refractivity contribution in [1.29, 1.82) is 0 Å². The average Bonchev–Trinajstić information content (AvgIpc) is 2.92. The van der Waals surface area contributed by atoms with Gasteiger partial charge in [0.1, 0.15) is 5.82 Å². The second-order valence-corrected chi connectivity index (χ2v) is 6.01. The van der Waals surface area contributed by atoms with Gasteiger partial charge in [0.25, 0.3) is 0 Å². The first-order chi connectivity index (χ1) is 10.1. The molecule has 2 N–H and O–H groups in total. The van der Waals surface area contributed by atoms with E-state index >= 15 is 0 Å². The van der Waals surface area contributed by atoms with Crippen LogP contribution in [-0.4, -0.2) is 40.9 Å². The van der Waals surface area contributed by atoms with E-state index in [4.69, 9.17) is 5.11 Å². The maximum atomic E-state index is 13.5. The van der Waals surface area contributed by atoms with Gasteiger partial charge in [-0.3, -0.25) is 0 Å². The fourth-order valence-electron chi connectivity index (χ4n) is 3.11. The Balaban J connectivity index is 1.85. The molecule has 0 radical (unpaired) electrons. The van der Waals surface area contributed by atoms with Gasteiger partial charge in [0.05, 0.1) is 6.10 Å². The number of aliphatic hydroxyl groups excluding tert-OH is 2. The lowest BCUT2D eigenvalue weighted by molar-refractivity contribution is 0.133. The molecule has 1 fully saturated rings. The summed E-state index contributed by atoms with van der Waals surface area (Å²) in [5.41, 5.74) is 1.26. The van der Waals surface area contributed by atoms with Crippen LogP contribution in [-0.2, 0) is 0 Å². The summed E-state index contributed by atoms with van der Waals surface area (Å²) in [6.07, 6.45) is 4.23. The Hall–Kier alpha value is -0.970. The van der Waals surface area contributed by atoms with Crippen molar-refractivity contribution in [2.45, 2.75) is 51.2 Å². The molecule has 118 valence electrons. The van der Waals surface area contributed by atoms with Crippen LogP contribution in [0.25, 0.3) is 0 Å². The summed E-state index contributed by atoms with van der Waals surface area (Å²) in [5, 5.41) is 19.2. The van der Waals surface area contributed by atoms with Gasteiger partial charge < -0.3 is 15.1 Å². The zero-order valence-corrected chi connectivity index (χ0v) is 12.8. The van der Waals surface area contributed by atoms with Crippen LogP contribution in [0.15, 0.2) is 18.2 Å². The quantitative estimate of drug-likeness (QED) is 0.813. The topological polar surface area (TPSA) is 43.7 Å². The molecular weight excluding hydrogens is 269 g/mol. The van der Waals surface area contributed by atoms with Crippen molar-refractivity contribution in [3.8, 4) is 0 Å². The third-order valence-electron chi connectivity index (χ3n) is 4.46. The van der Waals surface area contributed by atoms with Gasteiger partial charge in [-0.15, -0.1) is 0 Å². The van der Waals surface area contributed by atoms with Crippen LogP contribution in [0.2, 0.25) is 0 Å². The molecular formula is C17H26FNO2. The monoisotopic (exact) mass is 295 g/mol. The fraction of sp³-hybridized carbons (Fsp3) is 0.647. The Morgan fingerprint density at radius 1 is 1.43 bits per heavy atom. The van der Waals surface area contributed by atoms with Gasteiger partial charge in [-0.05, 0) is 62.8 Å². The van der Waals surface area contributed by atoms with Gasteiger partial charge in [-0.2, -0.15) is 0 Å². The van der Waals surface area contributed by atoms with Crippen molar-refractivity contribution < 1.29 is 14.6 Å². The van der Waals surface area contributed by atoms with E-state index < -0.39 is 6.10 Å². The largest absolute Gasteiger partial charge is 0.396 e. The second kappa shape index (κ2) is 7.87. The molecule has 2 atom stereocenters. The van der Waals surface area contributed by atoms with Gasteiger partial charge in [0, 0.05) is 19.2 Å². The zero-order valence-electron chi connectivity index (χ0n) is 12.8. The minimum Gasteiger partial charge on any atom is -0.396 e. The summed E-state index contributed by atoms with van der Waals surface area (Å²) in [5.74, 6) is -0.256. The van der Waals surface area contributed by atoms with E-state index in [1.54, 1.807) is 19.1 Å². The van der Waals surface area contributed by atoms with Crippen molar-refractivity contribution in [1.82, 2.24) is 4.90 Å². The Bertz CT molecular complexity index is 452. The molecule has 1 aliphatic heterocycles. The van der Waals surface area contributed by atoms with Crippen LogP contribution in [0.5, 0.6) is 0 Å². The number of rotatable bonds is 7. The van der Waals surface area contributed by atoms with Crippen molar-refractivity contribution >= 4 is 0 Å². The SMILES string of the molecule is Cc1ccc(C(O)CCN2CCCC2CCCO)cc1F. The van der Waals surface area contributed by atoms with Crippen molar-refractivity contribution in [3.05, 3.63) is 35.1 Å². The smallest absolute Gasteiger partial charge is 0.126 e. The minimum absolute atomic E-state index is 0.246. The van der Waals surface area contributed by atoms with Crippen LogP contribution >= 0.6 is 0 Å². The van der Waals surface area contributed by atoms with Crippen molar-refractivity contribution in [2.24, 2.45) is 0 Å². The molecule has 0 bridgehead atoms. The molecule has 0 saturated carbocycles. The predicted molar refractivity (Wildman–Crippen MR) is 81.6 cm³/mol. The molecule has 3 nitrogen and oxygen atoms in total. The van der Waals surface area contributed by atoms with Crippen molar-refractivity contribution in [2.75, 3.05) is 19.7 Å². The number of hydrogen-bond donors (Lipinski definition) is 2. The lowest BCUT2D eigenvalue weighted by Crippen LogP contribution is -2.31. The molecule has 0 amide bonds.